The Kier molecular flexibility index (Phi) is 11.0. The minimum absolute atomic E-state index is 0.0453. The lowest BCUT2D eigenvalue weighted by molar-refractivity contribution is 0.0696. The highest BCUT2D eigenvalue weighted by molar-refractivity contribution is 7.89. The average molecular weight is 702 g/mol. The summed E-state index contributed by atoms with van der Waals surface area (Å²) >= 11 is 6.60. The van der Waals surface area contributed by atoms with Gasteiger partial charge in [0, 0.05) is 60.6 Å². The zero-order valence-corrected chi connectivity index (χ0v) is 28.6. The van der Waals surface area contributed by atoms with Crippen molar-refractivity contribution in [3.05, 3.63) is 136 Å². The molecule has 49 heavy (non-hydrogen) atoms. The molecular formula is C38H40ClN3O6S. The van der Waals surface area contributed by atoms with Crippen LogP contribution in [0, 0.1) is 0 Å². The van der Waals surface area contributed by atoms with Crippen LogP contribution in [0.25, 0.3) is 10.9 Å². The minimum atomic E-state index is -3.58. The van der Waals surface area contributed by atoms with E-state index in [-0.39, 0.29) is 23.9 Å². The van der Waals surface area contributed by atoms with Gasteiger partial charge in [0.2, 0.25) is 10.0 Å². The van der Waals surface area contributed by atoms with E-state index in [1.807, 2.05) is 59.5 Å². The smallest absolute Gasteiger partial charge is 0.335 e. The maximum absolute atomic E-state index is 13.1. The van der Waals surface area contributed by atoms with Crippen LogP contribution in [-0.2, 0) is 22.9 Å². The van der Waals surface area contributed by atoms with E-state index in [1.165, 1.54) is 12.1 Å². The summed E-state index contributed by atoms with van der Waals surface area (Å²) < 4.78 is 37.5. The van der Waals surface area contributed by atoms with Crippen LogP contribution in [0.2, 0.25) is 5.02 Å². The molecule has 256 valence electrons. The van der Waals surface area contributed by atoms with E-state index < -0.39 is 22.1 Å². The molecule has 11 heteroatoms. The molecule has 0 bridgehead atoms. The molecule has 1 aliphatic rings. The molecule has 1 atom stereocenters. The van der Waals surface area contributed by atoms with Gasteiger partial charge in [-0.25, -0.2) is 17.9 Å². The first kappa shape index (κ1) is 34.7. The Morgan fingerprint density at radius 2 is 1.61 bits per heavy atom. The maximum Gasteiger partial charge on any atom is 0.335 e. The summed E-state index contributed by atoms with van der Waals surface area (Å²) in [6.07, 6.45) is 1.17. The van der Waals surface area contributed by atoms with Gasteiger partial charge in [-0.1, -0.05) is 72.3 Å². The normalized spacial score (nSPS) is 15.3. The average Bonchev–Trinajstić information content (AvgIpc) is 3.65. The predicted molar refractivity (Wildman–Crippen MR) is 192 cm³/mol. The van der Waals surface area contributed by atoms with Crippen molar-refractivity contribution in [2.75, 3.05) is 38.5 Å². The maximum atomic E-state index is 13.1. The second-order valence-electron chi connectivity index (χ2n) is 12.3. The number of likely N-dealkylation sites (tertiary alicyclic amines) is 1. The number of benzene rings is 4. The van der Waals surface area contributed by atoms with E-state index in [0.717, 1.165) is 33.3 Å². The van der Waals surface area contributed by atoms with Crippen molar-refractivity contribution in [1.29, 1.82) is 0 Å². The number of carboxylic acid groups (broad SMARTS) is 1. The van der Waals surface area contributed by atoms with Gasteiger partial charge >= 0.3 is 5.97 Å². The van der Waals surface area contributed by atoms with Gasteiger partial charge in [-0.15, -0.1) is 0 Å². The molecule has 6 rings (SSSR count). The zero-order chi connectivity index (χ0) is 34.4. The number of β-amino-alcohol motifs (C(OH)–C–C–N with tert-alkyl or cyclic N) is 1. The molecule has 3 N–H and O–H groups in total. The number of sulfonamides is 1. The van der Waals surface area contributed by atoms with Crippen LogP contribution < -0.4 is 9.46 Å². The Bertz CT molecular complexity index is 1950. The van der Waals surface area contributed by atoms with Gasteiger partial charge in [0.15, 0.2) is 0 Å². The molecule has 0 saturated carbocycles. The van der Waals surface area contributed by atoms with Gasteiger partial charge in [0.1, 0.15) is 5.75 Å². The fourth-order valence-electron chi connectivity index (χ4n) is 6.64. The molecular weight excluding hydrogens is 662 g/mol. The largest absolute Gasteiger partial charge is 0.493 e. The van der Waals surface area contributed by atoms with Crippen LogP contribution in [0.3, 0.4) is 0 Å². The zero-order valence-electron chi connectivity index (χ0n) is 27.0. The van der Waals surface area contributed by atoms with Crippen LogP contribution in [0.5, 0.6) is 5.75 Å². The summed E-state index contributed by atoms with van der Waals surface area (Å²) in [5.41, 5.74) is 5.27. The first-order valence-corrected chi connectivity index (χ1v) is 18.5. The van der Waals surface area contributed by atoms with Gasteiger partial charge in [-0.3, -0.25) is 4.90 Å². The summed E-state index contributed by atoms with van der Waals surface area (Å²) in [5, 5.41) is 20.7. The van der Waals surface area contributed by atoms with Crippen LogP contribution in [-0.4, -0.2) is 78.7 Å². The van der Waals surface area contributed by atoms with Crippen LogP contribution >= 0.6 is 11.6 Å². The van der Waals surface area contributed by atoms with Crippen molar-refractivity contribution in [2.45, 2.75) is 31.4 Å². The monoisotopic (exact) mass is 701 g/mol. The second-order valence-corrected chi connectivity index (χ2v) is 14.7. The third-order valence-electron chi connectivity index (χ3n) is 9.00. The number of hydrogen-bond acceptors (Lipinski definition) is 6. The predicted octanol–water partition coefficient (Wildman–Crippen LogP) is 5.78. The third-order valence-corrected chi connectivity index (χ3v) is 10.6. The molecule has 1 fully saturated rings. The lowest BCUT2D eigenvalue weighted by atomic mass is 9.97. The molecule has 0 aliphatic carbocycles. The van der Waals surface area contributed by atoms with E-state index in [1.54, 1.807) is 12.1 Å². The highest BCUT2D eigenvalue weighted by atomic mass is 35.5. The number of hydrogen-bond donors (Lipinski definition) is 3. The van der Waals surface area contributed by atoms with Gasteiger partial charge < -0.3 is 19.5 Å². The highest BCUT2D eigenvalue weighted by Crippen LogP contribution is 2.37. The Morgan fingerprint density at radius 3 is 2.22 bits per heavy atom. The van der Waals surface area contributed by atoms with Crippen molar-refractivity contribution < 1.29 is 28.2 Å². The van der Waals surface area contributed by atoms with E-state index in [9.17, 15) is 23.4 Å². The summed E-state index contributed by atoms with van der Waals surface area (Å²) in [5.74, 6) is -0.494. The number of halogens is 1. The Morgan fingerprint density at radius 1 is 0.939 bits per heavy atom. The van der Waals surface area contributed by atoms with Gasteiger partial charge in [-0.05, 0) is 65.6 Å². The molecule has 0 spiro atoms. The van der Waals surface area contributed by atoms with E-state index in [2.05, 4.69) is 33.6 Å². The summed E-state index contributed by atoms with van der Waals surface area (Å²) in [6, 6.07) is 32.4. The van der Waals surface area contributed by atoms with E-state index in [0.29, 0.717) is 56.3 Å². The number of nitrogens with one attached hydrogen (secondary N) is 1. The molecule has 2 heterocycles. The fraction of sp³-hybridized carbons (Fsp3) is 0.289. The van der Waals surface area contributed by atoms with Crippen molar-refractivity contribution in [2.24, 2.45) is 0 Å². The summed E-state index contributed by atoms with van der Waals surface area (Å²) in [7, 11) is -3.58. The van der Waals surface area contributed by atoms with Crippen molar-refractivity contribution in [3.63, 3.8) is 0 Å². The molecule has 0 amide bonds. The highest BCUT2D eigenvalue weighted by Gasteiger charge is 2.26. The molecule has 0 radical (unpaired) electrons. The van der Waals surface area contributed by atoms with E-state index in [4.69, 9.17) is 16.3 Å². The van der Waals surface area contributed by atoms with Crippen LogP contribution in [0.4, 0.5) is 0 Å². The van der Waals surface area contributed by atoms with Crippen molar-refractivity contribution in [3.8, 4) is 5.75 Å². The van der Waals surface area contributed by atoms with Crippen LogP contribution in [0.15, 0.2) is 103 Å². The standard InChI is InChI=1S/C38H40ClN3O6S/c39-30-13-16-35-34(25-30)33(19-23-48-32-14-11-29(12-15-32)38(44)45)36(17-20-40-49(46,47)24-22-41-21-18-31(43)26-41)42(35)37(27-7-3-1-4-8-27)28-9-5-2-6-10-28/h1-16,25,31,37,40,43H,17-24,26H2,(H,44,45). The Labute approximate surface area is 291 Å². The Hall–Kier alpha value is -4.19. The molecule has 1 aromatic heterocycles. The number of nitrogens with zero attached hydrogens (tertiary/aromatic N) is 2. The minimum Gasteiger partial charge on any atom is -0.493 e. The number of aliphatic hydroxyl groups is 1. The number of ether oxygens (including phenoxy) is 1. The molecule has 1 unspecified atom stereocenters. The van der Waals surface area contributed by atoms with Crippen molar-refractivity contribution in [1.82, 2.24) is 14.2 Å². The van der Waals surface area contributed by atoms with Crippen LogP contribution in [0.1, 0.15) is 45.2 Å². The topological polar surface area (TPSA) is 121 Å². The number of rotatable bonds is 15. The summed E-state index contributed by atoms with van der Waals surface area (Å²) in [4.78, 5) is 13.3. The third kappa shape index (κ3) is 8.52. The quantitative estimate of drug-likeness (QED) is 0.127. The molecule has 5 aromatic rings. The molecule has 9 nitrogen and oxygen atoms in total. The summed E-state index contributed by atoms with van der Waals surface area (Å²) in [6.45, 7) is 2.05. The second kappa shape index (κ2) is 15.6. The number of aromatic carboxylic acids is 1. The lowest BCUT2D eigenvalue weighted by Gasteiger charge is -2.25. The number of aliphatic hydroxyl groups excluding tert-OH is 1. The van der Waals surface area contributed by atoms with Gasteiger partial charge in [0.05, 0.1) is 30.1 Å². The Balaban J connectivity index is 1.36. The number of carboxylic acids is 1. The lowest BCUT2D eigenvalue weighted by Crippen LogP contribution is -2.35. The van der Waals surface area contributed by atoms with E-state index >= 15 is 0 Å². The fourth-order valence-corrected chi connectivity index (χ4v) is 7.87. The number of fused-ring (bicyclic) bond motifs is 1. The van der Waals surface area contributed by atoms with Gasteiger partial charge in [-0.2, -0.15) is 0 Å². The number of aromatic nitrogens is 1. The molecule has 1 saturated heterocycles. The number of carbonyl (C=O) groups is 1. The molecule has 4 aromatic carbocycles. The first-order valence-electron chi connectivity index (χ1n) is 16.4. The van der Waals surface area contributed by atoms with Gasteiger partial charge in [0.25, 0.3) is 0 Å². The van der Waals surface area contributed by atoms with Crippen molar-refractivity contribution >= 4 is 38.5 Å². The molecule has 1 aliphatic heterocycles. The first-order chi connectivity index (χ1) is 23.7. The SMILES string of the molecule is O=C(O)c1ccc(OCCc2c(CCNS(=O)(=O)CCN3CCC(O)C3)n(C(c3ccccc3)c3ccccc3)c3ccc(Cl)cc23)cc1.